The van der Waals surface area contributed by atoms with Gasteiger partial charge in [0.05, 0.1) is 11.7 Å². The number of pyridine rings is 1. The molecule has 0 saturated carbocycles. The first-order valence-corrected chi connectivity index (χ1v) is 7.45. The minimum absolute atomic E-state index is 0.133. The third-order valence-electron chi connectivity index (χ3n) is 4.23. The predicted octanol–water partition coefficient (Wildman–Crippen LogP) is 2.47. The molecule has 3 aromatic heterocycles. The summed E-state index contributed by atoms with van der Waals surface area (Å²) >= 11 is 0. The van der Waals surface area contributed by atoms with Crippen molar-refractivity contribution in [3.63, 3.8) is 0 Å². The zero-order chi connectivity index (χ0) is 15.8. The van der Waals surface area contributed by atoms with E-state index in [2.05, 4.69) is 20.1 Å². The molecule has 0 unspecified atom stereocenters. The van der Waals surface area contributed by atoms with Crippen LogP contribution in [0.2, 0.25) is 0 Å². The van der Waals surface area contributed by atoms with Gasteiger partial charge in [-0.05, 0) is 25.0 Å². The Balaban J connectivity index is 1.54. The molecule has 0 atom stereocenters. The largest absolute Gasteiger partial charge is 0.465 e. The Morgan fingerprint density at radius 3 is 2.96 bits per heavy atom. The van der Waals surface area contributed by atoms with Crippen LogP contribution in [0.15, 0.2) is 29.0 Å². The molecule has 23 heavy (non-hydrogen) atoms. The fourth-order valence-electron chi connectivity index (χ4n) is 2.93. The molecule has 8 heteroatoms. The molecular formula is C15H15N5O3. The number of carbonyl (C=O) groups is 1. The van der Waals surface area contributed by atoms with E-state index in [0.29, 0.717) is 37.6 Å². The molecule has 0 aromatic carbocycles. The molecule has 1 aliphatic rings. The Labute approximate surface area is 131 Å². The second kappa shape index (κ2) is 5.38. The van der Waals surface area contributed by atoms with Crippen LogP contribution in [0.5, 0.6) is 0 Å². The van der Waals surface area contributed by atoms with Crippen molar-refractivity contribution in [2.45, 2.75) is 18.8 Å². The lowest BCUT2D eigenvalue weighted by Gasteiger charge is -2.28. The number of rotatable bonds is 2. The molecule has 1 fully saturated rings. The monoisotopic (exact) mass is 313 g/mol. The van der Waals surface area contributed by atoms with Crippen molar-refractivity contribution >= 4 is 17.0 Å². The topological polar surface area (TPSA) is 108 Å². The van der Waals surface area contributed by atoms with Crippen LogP contribution in [0.1, 0.15) is 24.6 Å². The highest BCUT2D eigenvalue weighted by Gasteiger charge is 2.27. The molecule has 0 bridgehead atoms. The summed E-state index contributed by atoms with van der Waals surface area (Å²) in [4.78, 5) is 24.1. The van der Waals surface area contributed by atoms with Gasteiger partial charge in [0.2, 0.25) is 0 Å². The molecule has 1 saturated heterocycles. The van der Waals surface area contributed by atoms with Crippen LogP contribution in [0.25, 0.3) is 22.5 Å². The van der Waals surface area contributed by atoms with Crippen LogP contribution < -0.4 is 0 Å². The normalized spacial score (nSPS) is 16.1. The zero-order valence-corrected chi connectivity index (χ0v) is 12.3. The summed E-state index contributed by atoms with van der Waals surface area (Å²) in [6.07, 6.45) is 4.03. The highest BCUT2D eigenvalue weighted by Crippen LogP contribution is 2.28. The number of piperidine rings is 1. The minimum atomic E-state index is -0.871. The number of H-pyrrole nitrogens is 1. The Kier molecular flexibility index (Phi) is 3.22. The van der Waals surface area contributed by atoms with E-state index in [-0.39, 0.29) is 5.92 Å². The highest BCUT2D eigenvalue weighted by molar-refractivity contribution is 5.83. The Morgan fingerprint density at radius 1 is 1.39 bits per heavy atom. The van der Waals surface area contributed by atoms with Crippen molar-refractivity contribution in [3.8, 4) is 11.6 Å². The van der Waals surface area contributed by atoms with Gasteiger partial charge < -0.3 is 19.5 Å². The number of hydrogen-bond acceptors (Lipinski definition) is 5. The molecule has 4 rings (SSSR count). The maximum Gasteiger partial charge on any atom is 0.407 e. The van der Waals surface area contributed by atoms with Crippen LogP contribution in [0, 0.1) is 0 Å². The van der Waals surface area contributed by atoms with E-state index >= 15 is 0 Å². The fraction of sp³-hybridized carbons (Fsp3) is 0.333. The number of aromatic amines is 1. The summed E-state index contributed by atoms with van der Waals surface area (Å²) < 4.78 is 5.37. The Bertz CT molecular complexity index is 815. The van der Waals surface area contributed by atoms with E-state index in [9.17, 15) is 4.79 Å². The van der Waals surface area contributed by atoms with Crippen LogP contribution in [0.4, 0.5) is 4.79 Å². The molecule has 4 heterocycles. The van der Waals surface area contributed by atoms with Crippen LogP contribution in [-0.4, -0.2) is 49.3 Å². The molecule has 1 aliphatic heterocycles. The Hall–Kier alpha value is -2.90. The summed E-state index contributed by atoms with van der Waals surface area (Å²) in [5.74, 6) is 1.22. The summed E-state index contributed by atoms with van der Waals surface area (Å²) in [6.45, 7) is 1.00. The summed E-state index contributed by atoms with van der Waals surface area (Å²) in [5.41, 5.74) is 1.67. The molecule has 118 valence electrons. The van der Waals surface area contributed by atoms with Gasteiger partial charge in [0.15, 0.2) is 5.82 Å². The third-order valence-corrected chi connectivity index (χ3v) is 4.23. The molecule has 3 aromatic rings. The highest BCUT2D eigenvalue weighted by atomic mass is 16.5. The molecule has 1 amide bonds. The van der Waals surface area contributed by atoms with Gasteiger partial charge in [0, 0.05) is 30.6 Å². The second-order valence-corrected chi connectivity index (χ2v) is 5.65. The smallest absolute Gasteiger partial charge is 0.407 e. The first kappa shape index (κ1) is 13.7. The number of nitrogens with zero attached hydrogens (tertiary/aromatic N) is 4. The van der Waals surface area contributed by atoms with Crippen molar-refractivity contribution in [3.05, 3.63) is 30.4 Å². The maximum atomic E-state index is 10.9. The Morgan fingerprint density at radius 2 is 2.22 bits per heavy atom. The standard InChI is InChI=1S/C15H15N5O3/c21-15(22)20-5-2-9(3-6-20)13-18-14(23-19-13)11-7-10-1-4-16-8-12(10)17-11/h1,4,7-9,17H,2-3,5-6H2,(H,21,22). The fourth-order valence-corrected chi connectivity index (χ4v) is 2.93. The number of likely N-dealkylation sites (tertiary alicyclic amines) is 1. The first-order valence-electron chi connectivity index (χ1n) is 7.45. The lowest BCUT2D eigenvalue weighted by molar-refractivity contribution is 0.131. The van der Waals surface area contributed by atoms with Crippen LogP contribution in [0.3, 0.4) is 0 Å². The second-order valence-electron chi connectivity index (χ2n) is 5.65. The lowest BCUT2D eigenvalue weighted by atomic mass is 9.96. The predicted molar refractivity (Wildman–Crippen MR) is 81.0 cm³/mol. The van der Waals surface area contributed by atoms with Crippen molar-refractivity contribution in [2.75, 3.05) is 13.1 Å². The number of amides is 1. The van der Waals surface area contributed by atoms with E-state index in [0.717, 1.165) is 16.6 Å². The molecule has 2 N–H and O–H groups in total. The number of fused-ring (bicyclic) bond motifs is 1. The van der Waals surface area contributed by atoms with Gasteiger partial charge in [-0.15, -0.1) is 0 Å². The van der Waals surface area contributed by atoms with Crippen LogP contribution >= 0.6 is 0 Å². The van der Waals surface area contributed by atoms with Crippen LogP contribution in [-0.2, 0) is 0 Å². The van der Waals surface area contributed by atoms with Gasteiger partial charge in [-0.2, -0.15) is 4.98 Å². The van der Waals surface area contributed by atoms with E-state index < -0.39 is 6.09 Å². The van der Waals surface area contributed by atoms with E-state index in [1.54, 1.807) is 12.4 Å². The van der Waals surface area contributed by atoms with Gasteiger partial charge in [0.25, 0.3) is 5.89 Å². The van der Waals surface area contributed by atoms with Gasteiger partial charge in [-0.25, -0.2) is 4.79 Å². The number of hydrogen-bond donors (Lipinski definition) is 2. The van der Waals surface area contributed by atoms with E-state index in [4.69, 9.17) is 9.63 Å². The average molecular weight is 313 g/mol. The zero-order valence-electron chi connectivity index (χ0n) is 12.3. The van der Waals surface area contributed by atoms with Gasteiger partial charge in [0.1, 0.15) is 5.69 Å². The van der Waals surface area contributed by atoms with Gasteiger partial charge in [-0.1, -0.05) is 5.16 Å². The number of carboxylic acid groups (broad SMARTS) is 1. The van der Waals surface area contributed by atoms with Crippen molar-refractivity contribution in [2.24, 2.45) is 0 Å². The van der Waals surface area contributed by atoms with Crippen molar-refractivity contribution in [1.29, 1.82) is 0 Å². The quantitative estimate of drug-likeness (QED) is 0.752. The molecule has 0 spiro atoms. The van der Waals surface area contributed by atoms with Crippen molar-refractivity contribution < 1.29 is 14.4 Å². The first-order chi connectivity index (χ1) is 11.2. The summed E-state index contributed by atoms with van der Waals surface area (Å²) in [5, 5.41) is 14.1. The van der Waals surface area contributed by atoms with Gasteiger partial charge in [-0.3, -0.25) is 4.98 Å². The summed E-state index contributed by atoms with van der Waals surface area (Å²) in [7, 11) is 0. The SMILES string of the molecule is O=C(O)N1CCC(c2noc(-c3cc4ccncc4[nH]3)n2)CC1. The molecule has 8 nitrogen and oxygen atoms in total. The molecule has 0 radical (unpaired) electrons. The average Bonchev–Trinajstić information content (AvgIpc) is 3.21. The van der Waals surface area contributed by atoms with E-state index in [1.807, 2.05) is 12.1 Å². The van der Waals surface area contributed by atoms with E-state index in [1.165, 1.54) is 4.90 Å². The number of nitrogens with one attached hydrogen (secondary N) is 1. The third kappa shape index (κ3) is 2.52. The minimum Gasteiger partial charge on any atom is -0.465 e. The van der Waals surface area contributed by atoms with Gasteiger partial charge >= 0.3 is 6.09 Å². The van der Waals surface area contributed by atoms with Crippen molar-refractivity contribution in [1.82, 2.24) is 25.0 Å². The molecule has 0 aliphatic carbocycles. The number of aromatic nitrogens is 4. The summed E-state index contributed by atoms with van der Waals surface area (Å²) in [6, 6.07) is 3.86. The lowest BCUT2D eigenvalue weighted by Crippen LogP contribution is -2.37. The molecular weight excluding hydrogens is 298 g/mol. The maximum absolute atomic E-state index is 10.9.